The Morgan fingerprint density at radius 1 is 1.78 bits per heavy atom. The summed E-state index contributed by atoms with van der Waals surface area (Å²) in [6, 6.07) is 0. The molecule has 0 aromatic carbocycles. The molecular weight excluding hydrogens is 118 g/mol. The molecule has 0 spiro atoms. The molecule has 0 rings (SSSR count). The third-order valence-corrected chi connectivity index (χ3v) is 0.774. The van der Waals surface area contributed by atoms with Gasteiger partial charge in [0.2, 0.25) is 0 Å². The van der Waals surface area contributed by atoms with Crippen molar-refractivity contribution in [2.24, 2.45) is 0 Å². The van der Waals surface area contributed by atoms with E-state index in [1.807, 2.05) is 19.1 Å². The van der Waals surface area contributed by atoms with Crippen LogP contribution in [0.2, 0.25) is 0 Å². The van der Waals surface area contributed by atoms with Crippen molar-refractivity contribution in [3.05, 3.63) is 12.2 Å². The van der Waals surface area contributed by atoms with Gasteiger partial charge in [0, 0.05) is 6.54 Å². The summed E-state index contributed by atoms with van der Waals surface area (Å²) >= 11 is 0. The van der Waals surface area contributed by atoms with Crippen molar-refractivity contribution in [3.8, 4) is 0 Å². The van der Waals surface area contributed by atoms with Gasteiger partial charge in [-0.2, -0.15) is 0 Å². The highest BCUT2D eigenvalue weighted by Gasteiger charge is 1.90. The highest BCUT2D eigenvalue weighted by atomic mass is 16.4. The van der Waals surface area contributed by atoms with E-state index in [2.05, 4.69) is 5.32 Å². The topological polar surface area (TPSA) is 49.3 Å². The molecule has 2 N–H and O–H groups in total. The number of allylic oxidation sites excluding steroid dienone is 1. The molecule has 0 atom stereocenters. The first-order chi connectivity index (χ1) is 4.27. The fourth-order valence-electron chi connectivity index (χ4n) is 0.380. The summed E-state index contributed by atoms with van der Waals surface area (Å²) in [7, 11) is 0. The van der Waals surface area contributed by atoms with Gasteiger partial charge in [-0.15, -0.1) is 0 Å². The maximum absolute atomic E-state index is 9.88. The van der Waals surface area contributed by atoms with Crippen LogP contribution in [0.5, 0.6) is 0 Å². The molecule has 3 nitrogen and oxygen atoms in total. The monoisotopic (exact) mass is 129 g/mol. The van der Waals surface area contributed by atoms with Crippen LogP contribution in [0.4, 0.5) is 0 Å². The van der Waals surface area contributed by atoms with Crippen molar-refractivity contribution in [3.63, 3.8) is 0 Å². The minimum atomic E-state index is -0.820. The first-order valence-corrected chi connectivity index (χ1v) is 2.81. The van der Waals surface area contributed by atoms with E-state index >= 15 is 0 Å². The highest BCUT2D eigenvalue weighted by Crippen LogP contribution is 1.66. The molecule has 0 bridgehead atoms. The molecule has 0 aromatic heterocycles. The average molecular weight is 129 g/mol. The Kier molecular flexibility index (Phi) is 4.82. The zero-order valence-corrected chi connectivity index (χ0v) is 5.42. The normalized spacial score (nSPS) is 10.3. The van der Waals surface area contributed by atoms with Gasteiger partial charge in [0.25, 0.3) is 0 Å². The fraction of sp³-hybridized carbons (Fsp3) is 0.500. The zero-order valence-electron chi connectivity index (χ0n) is 5.42. The van der Waals surface area contributed by atoms with Gasteiger partial charge >= 0.3 is 5.97 Å². The van der Waals surface area contributed by atoms with Crippen molar-refractivity contribution in [1.29, 1.82) is 0 Å². The Balaban J connectivity index is 3.01. The summed E-state index contributed by atoms with van der Waals surface area (Å²) in [5, 5.41) is 10.8. The molecule has 0 saturated carbocycles. The van der Waals surface area contributed by atoms with E-state index in [4.69, 9.17) is 5.11 Å². The van der Waals surface area contributed by atoms with Crippen LogP contribution in [-0.2, 0) is 4.79 Å². The van der Waals surface area contributed by atoms with Crippen LogP contribution in [0.3, 0.4) is 0 Å². The summed E-state index contributed by atoms with van der Waals surface area (Å²) < 4.78 is 0. The van der Waals surface area contributed by atoms with Gasteiger partial charge in [0.1, 0.15) is 0 Å². The molecule has 0 aliphatic carbocycles. The first-order valence-electron chi connectivity index (χ1n) is 2.81. The van der Waals surface area contributed by atoms with Crippen LogP contribution >= 0.6 is 0 Å². The van der Waals surface area contributed by atoms with E-state index in [0.29, 0.717) is 6.54 Å². The maximum atomic E-state index is 9.88. The lowest BCUT2D eigenvalue weighted by atomic mass is 10.5. The molecule has 0 aliphatic rings. The Bertz CT molecular complexity index is 110. The second-order valence-electron chi connectivity index (χ2n) is 1.59. The number of hydrogen-bond acceptors (Lipinski definition) is 2. The van der Waals surface area contributed by atoms with Crippen LogP contribution in [-0.4, -0.2) is 24.2 Å². The lowest BCUT2D eigenvalue weighted by Crippen LogP contribution is -2.22. The minimum absolute atomic E-state index is 0.0321. The fourth-order valence-corrected chi connectivity index (χ4v) is 0.380. The van der Waals surface area contributed by atoms with Gasteiger partial charge in [-0.1, -0.05) is 12.2 Å². The molecule has 9 heavy (non-hydrogen) atoms. The SMILES string of the molecule is C/C=C/CNCC(=O)O. The number of carboxylic acids is 1. The molecule has 0 radical (unpaired) electrons. The number of hydrogen-bond donors (Lipinski definition) is 2. The molecule has 0 fully saturated rings. The van der Waals surface area contributed by atoms with E-state index in [-0.39, 0.29) is 6.54 Å². The number of carboxylic acid groups (broad SMARTS) is 1. The van der Waals surface area contributed by atoms with Gasteiger partial charge < -0.3 is 10.4 Å². The van der Waals surface area contributed by atoms with E-state index in [0.717, 1.165) is 0 Å². The third kappa shape index (κ3) is 7.17. The smallest absolute Gasteiger partial charge is 0.317 e. The zero-order chi connectivity index (χ0) is 7.11. The molecule has 0 aromatic rings. The van der Waals surface area contributed by atoms with Crippen LogP contribution in [0.1, 0.15) is 6.92 Å². The number of aliphatic carboxylic acids is 1. The molecule has 0 heterocycles. The second kappa shape index (κ2) is 5.31. The van der Waals surface area contributed by atoms with E-state index < -0.39 is 5.97 Å². The van der Waals surface area contributed by atoms with Crippen molar-refractivity contribution in [2.45, 2.75) is 6.92 Å². The molecule has 0 unspecified atom stereocenters. The molecule has 0 amide bonds. The van der Waals surface area contributed by atoms with Crippen molar-refractivity contribution in [2.75, 3.05) is 13.1 Å². The molecular formula is C6H11NO2. The van der Waals surface area contributed by atoms with Crippen LogP contribution in [0.25, 0.3) is 0 Å². The van der Waals surface area contributed by atoms with Gasteiger partial charge in [0.05, 0.1) is 6.54 Å². The van der Waals surface area contributed by atoms with E-state index in [1.165, 1.54) is 0 Å². The second-order valence-corrected chi connectivity index (χ2v) is 1.59. The summed E-state index contributed by atoms with van der Waals surface area (Å²) in [5.74, 6) is -0.820. The van der Waals surface area contributed by atoms with Crippen molar-refractivity contribution < 1.29 is 9.90 Å². The standard InChI is InChI=1S/C6H11NO2/c1-2-3-4-7-5-6(8)9/h2-3,7H,4-5H2,1H3,(H,8,9)/b3-2+. The number of rotatable bonds is 4. The Morgan fingerprint density at radius 3 is 2.89 bits per heavy atom. The van der Waals surface area contributed by atoms with E-state index in [9.17, 15) is 4.79 Å². The predicted octanol–water partition coefficient (Wildman–Crippen LogP) is 0.237. The molecule has 3 heteroatoms. The number of nitrogens with one attached hydrogen (secondary N) is 1. The largest absolute Gasteiger partial charge is 0.480 e. The lowest BCUT2D eigenvalue weighted by molar-refractivity contribution is -0.135. The maximum Gasteiger partial charge on any atom is 0.317 e. The summed E-state index contributed by atoms with van der Waals surface area (Å²) in [6.45, 7) is 2.55. The van der Waals surface area contributed by atoms with Gasteiger partial charge in [0.15, 0.2) is 0 Å². The first kappa shape index (κ1) is 8.17. The highest BCUT2D eigenvalue weighted by molar-refractivity contribution is 5.68. The summed E-state index contributed by atoms with van der Waals surface area (Å²) in [6.07, 6.45) is 3.73. The van der Waals surface area contributed by atoms with Crippen molar-refractivity contribution >= 4 is 5.97 Å². The Hall–Kier alpha value is -0.830. The van der Waals surface area contributed by atoms with Crippen LogP contribution < -0.4 is 5.32 Å². The Labute approximate surface area is 54.4 Å². The van der Waals surface area contributed by atoms with Crippen molar-refractivity contribution in [1.82, 2.24) is 5.32 Å². The van der Waals surface area contributed by atoms with Gasteiger partial charge in [-0.3, -0.25) is 4.79 Å². The minimum Gasteiger partial charge on any atom is -0.480 e. The quantitative estimate of drug-likeness (QED) is 0.422. The van der Waals surface area contributed by atoms with Gasteiger partial charge in [-0.05, 0) is 6.92 Å². The Morgan fingerprint density at radius 2 is 2.44 bits per heavy atom. The molecule has 0 saturated heterocycles. The lowest BCUT2D eigenvalue weighted by Gasteiger charge is -1.92. The molecule has 0 aliphatic heterocycles. The van der Waals surface area contributed by atoms with Gasteiger partial charge in [-0.25, -0.2) is 0 Å². The van der Waals surface area contributed by atoms with E-state index in [1.54, 1.807) is 0 Å². The average Bonchev–Trinajstić information content (AvgIpc) is 1.80. The number of carbonyl (C=O) groups is 1. The summed E-state index contributed by atoms with van der Waals surface area (Å²) in [4.78, 5) is 9.88. The predicted molar refractivity (Wildman–Crippen MR) is 35.3 cm³/mol. The van der Waals surface area contributed by atoms with Crippen LogP contribution in [0, 0.1) is 0 Å². The molecule has 52 valence electrons. The van der Waals surface area contributed by atoms with Crippen LogP contribution in [0.15, 0.2) is 12.2 Å². The summed E-state index contributed by atoms with van der Waals surface area (Å²) in [5.41, 5.74) is 0. The third-order valence-electron chi connectivity index (χ3n) is 0.774.